The minimum absolute atomic E-state index is 0.289. The molecule has 8 rings (SSSR count). The number of hydrogen-bond donors (Lipinski definition) is 0. The smallest absolute Gasteiger partial charge is 0.191 e. The molecule has 4 atom stereocenters. The molecule has 8 heteroatoms. The number of Topliss-reactive ketones (excluding diaryl/α,β-unsaturated/α-hetero) is 4. The lowest BCUT2D eigenvalue weighted by molar-refractivity contribution is 0.0830. The van der Waals surface area contributed by atoms with Gasteiger partial charge in [0.1, 0.15) is 0 Å². The summed E-state index contributed by atoms with van der Waals surface area (Å²) in [5.74, 6) is 3.67. The molecule has 0 unspecified atom stereocenters. The molecule has 0 aliphatic heterocycles. The van der Waals surface area contributed by atoms with Crippen LogP contribution in [0.4, 0.5) is 0 Å². The number of allylic oxidation sites excluding steroid dienone is 4. The molecule has 0 fully saturated rings. The molecule has 4 aromatic rings. The Balaban J connectivity index is 0.000000152. The molecule has 4 nitrogen and oxygen atoms in total. The third kappa shape index (κ3) is 3.90. The Hall–Kier alpha value is -4.68. The number of carbonyl (C=O) groups excluding carboxylic acids is 4. The molecule has 232 valence electrons. The minimum Gasteiger partial charge on any atom is -0.292 e. The molecule has 0 N–H and O–H groups in total. The van der Waals surface area contributed by atoms with Gasteiger partial charge in [-0.25, -0.2) is 0 Å². The molecule has 0 saturated carbocycles. The summed E-state index contributed by atoms with van der Waals surface area (Å²) < 4.78 is 0. The maximum absolute atomic E-state index is 13.1. The van der Waals surface area contributed by atoms with Crippen LogP contribution in [0, 0.1) is 24.7 Å². The highest BCUT2D eigenvalue weighted by Crippen LogP contribution is 2.62. The highest BCUT2D eigenvalue weighted by molar-refractivity contribution is 6.63. The van der Waals surface area contributed by atoms with Crippen molar-refractivity contribution in [3.05, 3.63) is 154 Å². The van der Waals surface area contributed by atoms with E-state index >= 15 is 0 Å². The molecule has 0 radical (unpaired) electrons. The van der Waals surface area contributed by atoms with Crippen LogP contribution in [0.1, 0.15) is 63.7 Å². The number of rotatable bonds is 2. The first-order chi connectivity index (χ1) is 22.9. The maximum Gasteiger partial charge on any atom is 0.191 e. The molecular formula is C40H20Cl4O4. The second-order valence-electron chi connectivity index (χ2n) is 11.6. The topological polar surface area (TPSA) is 68.3 Å². The molecule has 4 aliphatic rings. The zero-order valence-electron chi connectivity index (χ0n) is 24.7. The largest absolute Gasteiger partial charge is 0.292 e. The monoisotopic (exact) mass is 704 g/mol. The van der Waals surface area contributed by atoms with E-state index in [0.717, 1.165) is 0 Å². The van der Waals surface area contributed by atoms with E-state index in [1.165, 1.54) is 0 Å². The molecular weight excluding hydrogens is 686 g/mol. The van der Waals surface area contributed by atoms with Gasteiger partial charge in [-0.15, -0.1) is 59.3 Å². The normalized spacial score (nSPS) is 27.5. The maximum atomic E-state index is 13.1. The first kappa shape index (κ1) is 31.9. The Morgan fingerprint density at radius 2 is 0.688 bits per heavy atom. The highest BCUT2D eigenvalue weighted by Gasteiger charge is 2.71. The van der Waals surface area contributed by atoms with Crippen molar-refractivity contribution in [3.8, 4) is 24.7 Å². The summed E-state index contributed by atoms with van der Waals surface area (Å²) >= 11 is 26.5. The average molecular weight is 706 g/mol. The van der Waals surface area contributed by atoms with Crippen molar-refractivity contribution < 1.29 is 19.2 Å². The molecule has 0 aromatic heterocycles. The Morgan fingerprint density at radius 1 is 0.417 bits per heavy atom. The van der Waals surface area contributed by atoms with E-state index < -0.39 is 19.5 Å². The van der Waals surface area contributed by atoms with E-state index in [1.807, 2.05) is 0 Å². The highest BCUT2D eigenvalue weighted by atomic mass is 35.5. The molecule has 0 heterocycles. The standard InChI is InChI=1S/2C20H10Cl2O2/c2*1-2-12-7-3-4-8-13(12)16-11-19(21)17(23)14-9-5-6-10-15(14)18(24)20(16,19)22/h2*1,3-11H/t2*19-,20+/m11/s1. The molecule has 0 bridgehead atoms. The van der Waals surface area contributed by atoms with Gasteiger partial charge in [-0.1, -0.05) is 96.8 Å². The van der Waals surface area contributed by atoms with Crippen LogP contribution in [0.15, 0.2) is 109 Å². The summed E-state index contributed by atoms with van der Waals surface area (Å²) in [6.07, 6.45) is 14.2. The molecule has 0 spiro atoms. The fourth-order valence-electron chi connectivity index (χ4n) is 6.79. The predicted octanol–water partition coefficient (Wildman–Crippen LogP) is 8.20. The Labute approximate surface area is 296 Å². The van der Waals surface area contributed by atoms with Crippen molar-refractivity contribution in [1.29, 1.82) is 0 Å². The van der Waals surface area contributed by atoms with Crippen molar-refractivity contribution in [2.75, 3.05) is 0 Å². The van der Waals surface area contributed by atoms with Crippen molar-refractivity contribution in [2.24, 2.45) is 0 Å². The van der Waals surface area contributed by atoms with Gasteiger partial charge in [0, 0.05) is 33.4 Å². The van der Waals surface area contributed by atoms with Gasteiger partial charge >= 0.3 is 0 Å². The van der Waals surface area contributed by atoms with E-state index in [1.54, 1.807) is 109 Å². The number of ketones is 4. The predicted molar refractivity (Wildman–Crippen MR) is 189 cm³/mol. The summed E-state index contributed by atoms with van der Waals surface area (Å²) in [5.41, 5.74) is 4.64. The van der Waals surface area contributed by atoms with Gasteiger partial charge in [0.25, 0.3) is 0 Å². The Kier molecular flexibility index (Phi) is 7.26. The van der Waals surface area contributed by atoms with Gasteiger partial charge in [-0.2, -0.15) is 0 Å². The van der Waals surface area contributed by atoms with Crippen LogP contribution in [0.2, 0.25) is 0 Å². The summed E-state index contributed by atoms with van der Waals surface area (Å²) in [6, 6.07) is 27.4. The Bertz CT molecular complexity index is 2160. The van der Waals surface area contributed by atoms with Crippen LogP contribution in [0.3, 0.4) is 0 Å². The van der Waals surface area contributed by atoms with Crippen LogP contribution in [0.25, 0.3) is 11.1 Å². The van der Waals surface area contributed by atoms with Crippen LogP contribution in [-0.4, -0.2) is 42.6 Å². The van der Waals surface area contributed by atoms with Crippen LogP contribution < -0.4 is 0 Å². The quantitative estimate of drug-likeness (QED) is 0.156. The number of benzene rings is 4. The molecule has 0 amide bonds. The zero-order chi connectivity index (χ0) is 34.2. The summed E-state index contributed by atoms with van der Waals surface area (Å²) in [5, 5.41) is 0. The van der Waals surface area contributed by atoms with E-state index in [9.17, 15) is 19.2 Å². The third-order valence-electron chi connectivity index (χ3n) is 9.30. The molecule has 0 saturated heterocycles. The van der Waals surface area contributed by atoms with E-state index in [2.05, 4.69) is 11.8 Å². The summed E-state index contributed by atoms with van der Waals surface area (Å²) in [4.78, 5) is 45.3. The van der Waals surface area contributed by atoms with Gasteiger partial charge in [-0.05, 0) is 46.6 Å². The minimum atomic E-state index is -1.65. The number of halogens is 4. The third-order valence-corrected chi connectivity index (χ3v) is 12.0. The first-order valence-corrected chi connectivity index (χ1v) is 16.1. The number of carbonyl (C=O) groups is 4. The van der Waals surface area contributed by atoms with Crippen molar-refractivity contribution in [1.82, 2.24) is 0 Å². The number of fused-ring (bicyclic) bond motifs is 4. The molecule has 4 aromatic carbocycles. The number of hydrogen-bond acceptors (Lipinski definition) is 4. The summed E-state index contributed by atoms with van der Waals surface area (Å²) in [6.45, 7) is 0. The van der Waals surface area contributed by atoms with Crippen LogP contribution in [-0.2, 0) is 0 Å². The average Bonchev–Trinajstić information content (AvgIpc) is 3.13. The SMILES string of the molecule is C#Cc1ccccc1C1=C[C@@]2(Cl)C(=O)c3ccccc3C(=O)[C@@]12Cl.C#Cc1ccccc1C1=C[C@@]2(Cl)C(=O)c3ccccc3C(=O)[C@@]12Cl. The fourth-order valence-corrected chi connectivity index (χ4v) is 8.38. The van der Waals surface area contributed by atoms with Crippen LogP contribution in [0.5, 0.6) is 0 Å². The number of terminal acetylenes is 2. The summed E-state index contributed by atoms with van der Waals surface area (Å²) in [7, 11) is 0. The lowest BCUT2D eigenvalue weighted by atomic mass is 9.60. The van der Waals surface area contributed by atoms with Crippen molar-refractivity contribution in [2.45, 2.75) is 19.5 Å². The zero-order valence-corrected chi connectivity index (χ0v) is 27.7. The number of alkyl halides is 4. The van der Waals surface area contributed by atoms with Gasteiger partial charge < -0.3 is 0 Å². The Morgan fingerprint density at radius 3 is 1.00 bits per heavy atom. The van der Waals surface area contributed by atoms with Gasteiger partial charge in [-0.3, -0.25) is 19.2 Å². The van der Waals surface area contributed by atoms with Crippen molar-refractivity contribution in [3.63, 3.8) is 0 Å². The first-order valence-electron chi connectivity index (χ1n) is 14.6. The second kappa shape index (κ2) is 10.9. The molecule has 48 heavy (non-hydrogen) atoms. The van der Waals surface area contributed by atoms with Gasteiger partial charge in [0.05, 0.1) is 0 Å². The fraction of sp³-hybridized carbons (Fsp3) is 0.100. The van der Waals surface area contributed by atoms with E-state index in [-0.39, 0.29) is 34.3 Å². The lowest BCUT2D eigenvalue weighted by Crippen LogP contribution is -2.65. The van der Waals surface area contributed by atoms with E-state index in [4.69, 9.17) is 59.3 Å². The van der Waals surface area contributed by atoms with E-state index in [0.29, 0.717) is 44.5 Å². The lowest BCUT2D eigenvalue weighted by Gasteiger charge is -2.51. The van der Waals surface area contributed by atoms with Gasteiger partial charge in [0.2, 0.25) is 0 Å². The van der Waals surface area contributed by atoms with Crippen LogP contribution >= 0.6 is 46.4 Å². The molecule has 4 aliphatic carbocycles. The van der Waals surface area contributed by atoms with Gasteiger partial charge in [0.15, 0.2) is 42.6 Å². The van der Waals surface area contributed by atoms with Crippen molar-refractivity contribution >= 4 is 80.7 Å². The second-order valence-corrected chi connectivity index (χ2v) is 14.0.